The van der Waals surface area contributed by atoms with Gasteiger partial charge in [-0.1, -0.05) is 86.6 Å². The van der Waals surface area contributed by atoms with Crippen molar-refractivity contribution in [3.8, 4) is 45.6 Å². The fourth-order valence-electron chi connectivity index (χ4n) is 5.67. The van der Waals surface area contributed by atoms with E-state index in [1.165, 1.54) is 11.8 Å². The quantitative estimate of drug-likeness (QED) is 0.0939. The number of hydrogen-bond acceptors (Lipinski definition) is 7. The van der Waals surface area contributed by atoms with Crippen molar-refractivity contribution in [2.24, 2.45) is 0 Å². The summed E-state index contributed by atoms with van der Waals surface area (Å²) in [5.41, 5.74) is 9.85. The summed E-state index contributed by atoms with van der Waals surface area (Å²) in [5, 5.41) is 9.66. The van der Waals surface area contributed by atoms with Gasteiger partial charge < -0.3 is 23.7 Å². The molecule has 7 nitrogen and oxygen atoms in total. The molecule has 5 aromatic rings. The minimum atomic E-state index is -0.391. The molecule has 5 rings (SSSR count). The van der Waals surface area contributed by atoms with Crippen LogP contribution >= 0.6 is 11.6 Å². The van der Waals surface area contributed by atoms with E-state index in [-0.39, 0.29) is 6.61 Å². The molecule has 0 unspecified atom stereocenters. The first-order valence-electron chi connectivity index (χ1n) is 17.6. The number of nitrogens with zero attached hydrogens (tertiary/aromatic N) is 2. The fourth-order valence-corrected chi connectivity index (χ4v) is 5.90. The van der Waals surface area contributed by atoms with Gasteiger partial charge in [-0.3, -0.25) is 4.98 Å². The van der Waals surface area contributed by atoms with Gasteiger partial charge in [0.05, 0.1) is 10.6 Å². The van der Waals surface area contributed by atoms with Gasteiger partial charge in [0.2, 0.25) is 0 Å². The predicted octanol–water partition coefficient (Wildman–Crippen LogP) is 11.2. The number of pyridine rings is 1. The number of hydrogen-bond donors (Lipinski definition) is 0. The minimum absolute atomic E-state index is 0.227. The molecule has 1 aromatic heterocycles. The molecule has 0 aliphatic heterocycles. The van der Waals surface area contributed by atoms with Gasteiger partial charge in [0.15, 0.2) is 6.29 Å². The van der Waals surface area contributed by atoms with E-state index in [0.717, 1.165) is 50.3 Å². The van der Waals surface area contributed by atoms with Crippen LogP contribution in [0, 0.1) is 25.2 Å². The van der Waals surface area contributed by atoms with E-state index in [1.807, 2.05) is 39.8 Å². The lowest BCUT2D eigenvalue weighted by Gasteiger charge is -2.18. The van der Waals surface area contributed by atoms with E-state index in [2.05, 4.69) is 80.0 Å². The van der Waals surface area contributed by atoms with Crippen LogP contribution in [0.3, 0.4) is 0 Å². The van der Waals surface area contributed by atoms with E-state index in [9.17, 15) is 5.26 Å². The van der Waals surface area contributed by atoms with Crippen molar-refractivity contribution in [3.63, 3.8) is 0 Å². The Hall–Kier alpha value is -5.13. The van der Waals surface area contributed by atoms with Gasteiger partial charge in [0.25, 0.3) is 0 Å². The van der Waals surface area contributed by atoms with Gasteiger partial charge in [-0.2, -0.15) is 5.26 Å². The van der Waals surface area contributed by atoms with E-state index >= 15 is 0 Å². The molecular formula is C44H47ClN2O5. The molecule has 0 saturated heterocycles. The van der Waals surface area contributed by atoms with Crippen LogP contribution in [0.15, 0.2) is 97.8 Å². The largest absolute Gasteiger partial charge is 0.488 e. The molecule has 0 amide bonds. The maximum absolute atomic E-state index is 9.20. The van der Waals surface area contributed by atoms with Crippen LogP contribution in [0.25, 0.3) is 28.3 Å². The lowest BCUT2D eigenvalue weighted by atomic mass is 9.89. The molecule has 0 saturated carbocycles. The van der Waals surface area contributed by atoms with E-state index in [4.69, 9.17) is 35.3 Å². The monoisotopic (exact) mass is 718 g/mol. The van der Waals surface area contributed by atoms with Gasteiger partial charge in [-0.25, -0.2) is 0 Å². The van der Waals surface area contributed by atoms with Crippen molar-refractivity contribution in [2.75, 3.05) is 19.8 Å². The number of ether oxygens (including phenoxy) is 5. The number of rotatable bonds is 16. The Morgan fingerprint density at radius 1 is 0.788 bits per heavy atom. The highest BCUT2D eigenvalue weighted by Gasteiger charge is 2.15. The summed E-state index contributed by atoms with van der Waals surface area (Å²) in [7, 11) is 0. The molecule has 0 radical (unpaired) electrons. The molecule has 0 fully saturated rings. The Morgan fingerprint density at radius 2 is 1.44 bits per heavy atom. The highest BCUT2D eigenvalue weighted by Crippen LogP contribution is 2.37. The van der Waals surface area contributed by atoms with Gasteiger partial charge >= 0.3 is 0 Å². The van der Waals surface area contributed by atoms with Crippen LogP contribution in [-0.4, -0.2) is 31.1 Å². The number of aromatic nitrogens is 1. The molecule has 8 heteroatoms. The summed E-state index contributed by atoms with van der Waals surface area (Å²) in [5.74, 6) is 1.83. The second kappa shape index (κ2) is 20.0. The molecule has 0 aliphatic carbocycles. The van der Waals surface area contributed by atoms with Gasteiger partial charge in [-0.15, -0.1) is 0 Å². The topological polar surface area (TPSA) is 82.8 Å². The minimum Gasteiger partial charge on any atom is -0.488 e. The SMILES string of the molecule is C=Cc1cc(Cl)c(OCc2cccc(-c3cccc(-c4ccc(OCC(OCC)OCC)cc4)c3C)c2C)cc1OCc1cncc(C#N)c1.CC. The third-order valence-electron chi connectivity index (χ3n) is 8.31. The standard InChI is InChI=1S/C42H41ClN2O5.C2H6/c1-6-32-20-39(43)41(21-40(32)49-25-31-19-30(22-44)23-45-24-31)50-26-34-11-9-13-37(28(34)4)38-14-10-12-36(29(38)5)33-15-17-35(18-16-33)48-27-42(46-7-2)47-8-3;1-2/h6,9-21,23-24,42H,1,7-8,25-27H2,2-5H3;1-2H3. The summed E-state index contributed by atoms with van der Waals surface area (Å²) in [6, 6.07) is 28.2. The smallest absolute Gasteiger partial charge is 0.191 e. The number of halogens is 1. The van der Waals surface area contributed by atoms with Gasteiger partial charge in [-0.05, 0) is 90.9 Å². The van der Waals surface area contributed by atoms with Gasteiger partial charge in [0, 0.05) is 42.8 Å². The van der Waals surface area contributed by atoms with Crippen LogP contribution in [0.4, 0.5) is 0 Å². The zero-order valence-electron chi connectivity index (χ0n) is 30.9. The van der Waals surface area contributed by atoms with Crippen LogP contribution < -0.4 is 14.2 Å². The average molecular weight is 719 g/mol. The van der Waals surface area contributed by atoms with Crippen molar-refractivity contribution in [1.29, 1.82) is 5.26 Å². The van der Waals surface area contributed by atoms with Crippen LogP contribution in [0.5, 0.6) is 17.2 Å². The Bertz CT molecular complexity index is 1960. The van der Waals surface area contributed by atoms with Crippen LogP contribution in [0.2, 0.25) is 5.02 Å². The summed E-state index contributed by atoms with van der Waals surface area (Å²) < 4.78 is 29.5. The average Bonchev–Trinajstić information content (AvgIpc) is 3.18. The van der Waals surface area contributed by atoms with Crippen LogP contribution in [-0.2, 0) is 22.7 Å². The molecule has 4 aromatic carbocycles. The highest BCUT2D eigenvalue weighted by atomic mass is 35.5. The van der Waals surface area contributed by atoms with Crippen molar-refractivity contribution in [3.05, 3.63) is 136 Å². The maximum atomic E-state index is 9.20. The first kappa shape index (κ1) is 39.7. The summed E-state index contributed by atoms with van der Waals surface area (Å²) in [6.07, 6.45) is 4.48. The van der Waals surface area contributed by atoms with Crippen molar-refractivity contribution in [2.45, 2.75) is 61.0 Å². The highest BCUT2D eigenvalue weighted by molar-refractivity contribution is 6.32. The third-order valence-corrected chi connectivity index (χ3v) is 8.61. The molecule has 0 spiro atoms. The first-order valence-corrected chi connectivity index (χ1v) is 17.9. The van der Waals surface area contributed by atoms with Crippen molar-refractivity contribution < 1.29 is 23.7 Å². The summed E-state index contributed by atoms with van der Waals surface area (Å²) >= 11 is 6.64. The second-order valence-corrected chi connectivity index (χ2v) is 11.9. The summed E-state index contributed by atoms with van der Waals surface area (Å²) in [4.78, 5) is 4.11. The van der Waals surface area contributed by atoms with Crippen molar-refractivity contribution in [1.82, 2.24) is 4.98 Å². The molecule has 52 heavy (non-hydrogen) atoms. The Morgan fingerprint density at radius 3 is 2.12 bits per heavy atom. The summed E-state index contributed by atoms with van der Waals surface area (Å²) in [6.45, 7) is 18.0. The molecule has 1 heterocycles. The maximum Gasteiger partial charge on any atom is 0.191 e. The Kier molecular flexibility index (Phi) is 15.3. The predicted molar refractivity (Wildman–Crippen MR) is 210 cm³/mol. The molecule has 270 valence electrons. The second-order valence-electron chi connectivity index (χ2n) is 11.5. The van der Waals surface area contributed by atoms with E-state index in [1.54, 1.807) is 30.5 Å². The Labute approximate surface area is 313 Å². The van der Waals surface area contributed by atoms with Gasteiger partial charge in [0.1, 0.15) is 43.1 Å². The number of nitriles is 1. The Balaban J connectivity index is 0.00000297. The molecule has 0 bridgehead atoms. The number of benzene rings is 4. The molecular weight excluding hydrogens is 672 g/mol. The third kappa shape index (κ3) is 10.2. The van der Waals surface area contributed by atoms with E-state index in [0.29, 0.717) is 48.5 Å². The zero-order valence-corrected chi connectivity index (χ0v) is 31.6. The zero-order chi connectivity index (χ0) is 37.5. The molecule has 0 N–H and O–H groups in total. The molecule has 0 aliphatic rings. The lowest BCUT2D eigenvalue weighted by Crippen LogP contribution is -2.25. The molecule has 0 atom stereocenters. The fraction of sp³-hybridized carbons (Fsp3) is 0.273. The van der Waals surface area contributed by atoms with E-state index < -0.39 is 6.29 Å². The lowest BCUT2D eigenvalue weighted by molar-refractivity contribution is -0.152. The normalized spacial score (nSPS) is 10.6. The first-order chi connectivity index (χ1) is 25.3. The van der Waals surface area contributed by atoms with Crippen LogP contribution in [0.1, 0.15) is 61.1 Å². The van der Waals surface area contributed by atoms with Crippen molar-refractivity contribution >= 4 is 17.7 Å².